The molecule has 0 saturated heterocycles. The van der Waals surface area contributed by atoms with Gasteiger partial charge in [0.1, 0.15) is 5.71 Å². The van der Waals surface area contributed by atoms with Gasteiger partial charge in [-0.25, -0.2) is 0 Å². The molecular formula is C15H12N2O4. The van der Waals surface area contributed by atoms with Gasteiger partial charge >= 0.3 is 0 Å². The summed E-state index contributed by atoms with van der Waals surface area (Å²) in [7, 11) is 0. The molecule has 2 rings (SSSR count). The van der Waals surface area contributed by atoms with Crippen molar-refractivity contribution in [3.63, 3.8) is 0 Å². The molecule has 0 bridgehead atoms. The normalized spacial score (nSPS) is 11.2. The second-order valence-electron chi connectivity index (χ2n) is 4.40. The van der Waals surface area contributed by atoms with Gasteiger partial charge in [-0.15, -0.1) is 0 Å². The molecule has 0 heterocycles. The molecule has 0 atom stereocenters. The molecule has 0 amide bonds. The van der Waals surface area contributed by atoms with Crippen LogP contribution in [-0.2, 0) is 0 Å². The van der Waals surface area contributed by atoms with Crippen LogP contribution < -0.4 is 0 Å². The highest BCUT2D eigenvalue weighted by molar-refractivity contribution is 6.45. The van der Waals surface area contributed by atoms with Gasteiger partial charge in [0.25, 0.3) is 5.69 Å². The number of oxime groups is 1. The highest BCUT2D eigenvalue weighted by Gasteiger charge is 2.10. The molecule has 0 aliphatic carbocycles. The van der Waals surface area contributed by atoms with Gasteiger partial charge in [-0.1, -0.05) is 29.4 Å². The molecule has 0 spiro atoms. The molecule has 0 aliphatic rings. The molecule has 6 heteroatoms. The van der Waals surface area contributed by atoms with Gasteiger partial charge in [-0.05, 0) is 30.2 Å². The Morgan fingerprint density at radius 3 is 1.95 bits per heavy atom. The Balaban J connectivity index is 2.26. The van der Waals surface area contributed by atoms with Crippen LogP contribution in [0.1, 0.15) is 17.3 Å². The van der Waals surface area contributed by atoms with Gasteiger partial charge < -0.3 is 5.21 Å². The molecule has 106 valence electrons. The van der Waals surface area contributed by atoms with Crippen LogP contribution in [0.4, 0.5) is 5.69 Å². The fraction of sp³-hybridized carbons (Fsp3) is 0.0667. The number of non-ortho nitro benzene ring substituents is 1. The molecule has 2 aromatic rings. The van der Waals surface area contributed by atoms with E-state index in [0.29, 0.717) is 5.56 Å². The summed E-state index contributed by atoms with van der Waals surface area (Å²) in [6, 6.07) is 12.9. The van der Waals surface area contributed by atoms with Crippen LogP contribution in [-0.4, -0.2) is 21.6 Å². The van der Waals surface area contributed by atoms with Crippen molar-refractivity contribution in [1.82, 2.24) is 0 Å². The van der Waals surface area contributed by atoms with E-state index in [1.165, 1.54) is 19.1 Å². The molecule has 0 radical (unpaired) electrons. The Morgan fingerprint density at radius 1 is 1.05 bits per heavy atom. The molecular weight excluding hydrogens is 272 g/mol. The minimum absolute atomic E-state index is 0.0121. The van der Waals surface area contributed by atoms with E-state index in [1.807, 2.05) is 0 Å². The molecule has 0 saturated carbocycles. The molecule has 0 unspecified atom stereocenters. The van der Waals surface area contributed by atoms with Crippen LogP contribution in [0.25, 0.3) is 11.1 Å². The van der Waals surface area contributed by atoms with Crippen LogP contribution in [0.3, 0.4) is 0 Å². The van der Waals surface area contributed by atoms with E-state index >= 15 is 0 Å². The van der Waals surface area contributed by atoms with Crippen molar-refractivity contribution in [2.45, 2.75) is 6.92 Å². The van der Waals surface area contributed by atoms with Gasteiger partial charge in [0.15, 0.2) is 0 Å². The van der Waals surface area contributed by atoms with E-state index in [2.05, 4.69) is 5.16 Å². The quantitative estimate of drug-likeness (QED) is 0.306. The van der Waals surface area contributed by atoms with Gasteiger partial charge in [0.05, 0.1) is 4.92 Å². The molecule has 6 nitrogen and oxygen atoms in total. The smallest absolute Gasteiger partial charge is 0.269 e. The Morgan fingerprint density at radius 2 is 1.52 bits per heavy atom. The number of hydrogen-bond acceptors (Lipinski definition) is 5. The number of nitro groups is 1. The van der Waals surface area contributed by atoms with Crippen molar-refractivity contribution >= 4 is 17.2 Å². The molecule has 21 heavy (non-hydrogen) atoms. The van der Waals surface area contributed by atoms with Crippen molar-refractivity contribution in [1.29, 1.82) is 0 Å². The number of carbonyl (C=O) groups is 1. The second-order valence-corrected chi connectivity index (χ2v) is 4.40. The van der Waals surface area contributed by atoms with Gasteiger partial charge in [0.2, 0.25) is 5.78 Å². The minimum Gasteiger partial charge on any atom is -0.411 e. The minimum atomic E-state index is -0.456. The third-order valence-electron chi connectivity index (χ3n) is 3.04. The Labute approximate surface area is 120 Å². The van der Waals surface area contributed by atoms with E-state index in [4.69, 9.17) is 5.21 Å². The number of hydrogen-bond donors (Lipinski definition) is 1. The summed E-state index contributed by atoms with van der Waals surface area (Å²) in [6.07, 6.45) is 0. The van der Waals surface area contributed by atoms with Crippen molar-refractivity contribution < 1.29 is 14.9 Å². The first-order valence-electron chi connectivity index (χ1n) is 6.11. The van der Waals surface area contributed by atoms with Crippen LogP contribution in [0.5, 0.6) is 0 Å². The predicted molar refractivity (Wildman–Crippen MR) is 77.8 cm³/mol. The van der Waals surface area contributed by atoms with Crippen LogP contribution >= 0.6 is 0 Å². The first-order valence-corrected chi connectivity index (χ1v) is 6.11. The number of rotatable bonds is 4. The summed E-state index contributed by atoms with van der Waals surface area (Å²) in [5.41, 5.74) is 2.10. The first kappa shape index (κ1) is 14.4. The number of benzene rings is 2. The lowest BCUT2D eigenvalue weighted by Crippen LogP contribution is -2.10. The van der Waals surface area contributed by atoms with Gasteiger partial charge in [0, 0.05) is 17.7 Å². The van der Waals surface area contributed by atoms with Crippen molar-refractivity contribution in [2.75, 3.05) is 0 Å². The maximum atomic E-state index is 11.8. The SMILES string of the molecule is C/C(=N/O)C(=O)c1ccc(-c2ccc([N+](=O)[O-])cc2)cc1. The van der Waals surface area contributed by atoms with Crippen molar-refractivity contribution in [3.8, 4) is 11.1 Å². The number of nitrogens with zero attached hydrogens (tertiary/aromatic N) is 2. The standard InChI is InChI=1S/C15H12N2O4/c1-10(16-19)15(18)13-4-2-11(3-5-13)12-6-8-14(9-7-12)17(20)21/h2-9,19H,1H3/b16-10-. The van der Waals surface area contributed by atoms with E-state index in [-0.39, 0.29) is 17.2 Å². The fourth-order valence-electron chi connectivity index (χ4n) is 1.84. The Kier molecular flexibility index (Phi) is 4.08. The van der Waals surface area contributed by atoms with Crippen molar-refractivity contribution in [3.05, 3.63) is 64.2 Å². The second kappa shape index (κ2) is 5.96. The van der Waals surface area contributed by atoms with Crippen LogP contribution in [0, 0.1) is 10.1 Å². The highest BCUT2D eigenvalue weighted by atomic mass is 16.6. The third kappa shape index (κ3) is 3.11. The predicted octanol–water partition coefficient (Wildman–Crippen LogP) is 3.29. The van der Waals surface area contributed by atoms with Crippen molar-refractivity contribution in [2.24, 2.45) is 5.16 Å². The van der Waals surface area contributed by atoms with E-state index in [9.17, 15) is 14.9 Å². The summed E-state index contributed by atoms with van der Waals surface area (Å²) in [5.74, 6) is -0.354. The molecule has 1 N–H and O–H groups in total. The number of Topliss-reactive ketones (excluding diaryl/α,β-unsaturated/α-hetero) is 1. The highest BCUT2D eigenvalue weighted by Crippen LogP contribution is 2.22. The lowest BCUT2D eigenvalue weighted by atomic mass is 10.0. The summed E-state index contributed by atoms with van der Waals surface area (Å²) in [5, 5.41) is 22.1. The van der Waals surface area contributed by atoms with Crippen LogP contribution in [0.15, 0.2) is 53.7 Å². The summed E-state index contributed by atoms with van der Waals surface area (Å²) in [4.78, 5) is 21.9. The van der Waals surface area contributed by atoms with E-state index in [0.717, 1.165) is 11.1 Å². The maximum Gasteiger partial charge on any atom is 0.269 e. The lowest BCUT2D eigenvalue weighted by Gasteiger charge is -2.03. The Hall–Kier alpha value is -3.02. The number of ketones is 1. The largest absolute Gasteiger partial charge is 0.411 e. The van der Waals surface area contributed by atoms with Gasteiger partial charge in [-0.2, -0.15) is 0 Å². The summed E-state index contributed by atoms with van der Waals surface area (Å²) < 4.78 is 0. The van der Waals surface area contributed by atoms with E-state index in [1.54, 1.807) is 36.4 Å². The molecule has 0 fully saturated rings. The molecule has 2 aromatic carbocycles. The average molecular weight is 284 g/mol. The number of nitro benzene ring substituents is 1. The molecule has 0 aliphatic heterocycles. The van der Waals surface area contributed by atoms with Gasteiger partial charge in [-0.3, -0.25) is 14.9 Å². The zero-order chi connectivity index (χ0) is 15.4. The zero-order valence-electron chi connectivity index (χ0n) is 11.2. The topological polar surface area (TPSA) is 92.8 Å². The van der Waals surface area contributed by atoms with E-state index < -0.39 is 4.92 Å². The zero-order valence-corrected chi connectivity index (χ0v) is 11.2. The average Bonchev–Trinajstić information content (AvgIpc) is 2.53. The monoisotopic (exact) mass is 284 g/mol. The third-order valence-corrected chi connectivity index (χ3v) is 3.04. The summed E-state index contributed by atoms with van der Waals surface area (Å²) in [6.45, 7) is 1.42. The Bertz CT molecular complexity index is 703. The van der Waals surface area contributed by atoms with Crippen LogP contribution in [0.2, 0.25) is 0 Å². The maximum absolute atomic E-state index is 11.8. The number of carbonyl (C=O) groups excluding carboxylic acids is 1. The first-order chi connectivity index (χ1) is 10.0. The summed E-state index contributed by atoms with van der Waals surface area (Å²) >= 11 is 0. The molecule has 0 aromatic heterocycles. The fourth-order valence-corrected chi connectivity index (χ4v) is 1.84. The lowest BCUT2D eigenvalue weighted by molar-refractivity contribution is -0.384.